The van der Waals surface area contributed by atoms with E-state index in [0.717, 1.165) is 18.1 Å². The molecule has 0 saturated carbocycles. The summed E-state index contributed by atoms with van der Waals surface area (Å²) in [6, 6.07) is 3.07. The van der Waals surface area contributed by atoms with Crippen LogP contribution in [0, 0.1) is 6.54 Å². The van der Waals surface area contributed by atoms with Crippen LogP contribution in [0.3, 0.4) is 0 Å². The zero-order chi connectivity index (χ0) is 10.9. The van der Waals surface area contributed by atoms with Crippen LogP contribution in [0.2, 0.25) is 18.1 Å². The van der Waals surface area contributed by atoms with Crippen molar-refractivity contribution in [3.8, 4) is 0 Å². The second-order valence-electron chi connectivity index (χ2n) is 3.31. The number of hydrogen-bond donors (Lipinski definition) is 1. The Morgan fingerprint density at radius 1 is 0.857 bits per heavy atom. The Balaban J connectivity index is 4.50. The van der Waals surface area contributed by atoms with Crippen LogP contribution in [0.25, 0.3) is 0 Å². The van der Waals surface area contributed by atoms with E-state index in [1.807, 2.05) is 24.8 Å². The zero-order valence-corrected chi connectivity index (χ0v) is 9.84. The summed E-state index contributed by atoms with van der Waals surface area (Å²) in [5.74, 6) is 0. The van der Waals surface area contributed by atoms with Crippen molar-refractivity contribution in [3.05, 3.63) is 57.2 Å². The minimum atomic E-state index is -1.55. The first kappa shape index (κ1) is 13.1. The highest BCUT2D eigenvalue weighted by molar-refractivity contribution is 6.78. The van der Waals surface area contributed by atoms with Gasteiger partial charge in [-0.2, -0.15) is 0 Å². The summed E-state index contributed by atoms with van der Waals surface area (Å²) in [6.07, 6.45) is 7.70. The highest BCUT2D eigenvalue weighted by atomic mass is 28.3. The molecule has 0 heterocycles. The second kappa shape index (κ2) is 7.53. The molecule has 0 aromatic rings. The molecule has 1 nitrogen and oxygen atoms in total. The van der Waals surface area contributed by atoms with Gasteiger partial charge in [-0.05, 0) is 18.1 Å². The fraction of sp³-hybridized carbons (Fsp3) is 0.250. The van der Waals surface area contributed by atoms with E-state index >= 15 is 0 Å². The van der Waals surface area contributed by atoms with Gasteiger partial charge in [0.25, 0.3) is 0 Å². The smallest absolute Gasteiger partial charge is 0.137 e. The van der Waals surface area contributed by atoms with Gasteiger partial charge in [-0.15, -0.1) is 26.3 Å². The van der Waals surface area contributed by atoms with Crippen molar-refractivity contribution in [1.82, 2.24) is 4.98 Å². The van der Waals surface area contributed by atoms with Gasteiger partial charge in [-0.1, -0.05) is 24.3 Å². The van der Waals surface area contributed by atoms with E-state index in [-0.39, 0.29) is 0 Å². The molecule has 77 valence electrons. The summed E-state index contributed by atoms with van der Waals surface area (Å²) in [7, 11) is -1.55. The fourth-order valence-electron chi connectivity index (χ4n) is 1.49. The van der Waals surface area contributed by atoms with Crippen molar-refractivity contribution >= 4 is 8.24 Å². The van der Waals surface area contributed by atoms with Gasteiger partial charge in [0.15, 0.2) is 0 Å². The molecule has 0 aliphatic rings. The van der Waals surface area contributed by atoms with E-state index in [0.29, 0.717) is 0 Å². The Kier molecular flexibility index (Phi) is 7.07. The van der Waals surface area contributed by atoms with Gasteiger partial charge in [0, 0.05) is 6.54 Å². The van der Waals surface area contributed by atoms with Crippen molar-refractivity contribution in [1.29, 1.82) is 0 Å². The van der Waals surface area contributed by atoms with E-state index in [2.05, 4.69) is 31.3 Å². The Morgan fingerprint density at radius 3 is 1.57 bits per heavy atom. The van der Waals surface area contributed by atoms with Crippen molar-refractivity contribution < 1.29 is 0 Å². The maximum Gasteiger partial charge on any atom is 0.137 e. The van der Waals surface area contributed by atoms with Crippen LogP contribution in [0.5, 0.6) is 0 Å². The first-order chi connectivity index (χ1) is 6.74. The summed E-state index contributed by atoms with van der Waals surface area (Å²) >= 11 is 0. The van der Waals surface area contributed by atoms with Gasteiger partial charge in [0.05, 0.1) is 0 Å². The van der Waals surface area contributed by atoms with Crippen LogP contribution in [0.4, 0.5) is 0 Å². The minimum absolute atomic E-state index is 1.02. The van der Waals surface area contributed by atoms with Gasteiger partial charge in [-0.25, -0.2) is 0 Å². The quantitative estimate of drug-likeness (QED) is 0.450. The molecule has 0 rings (SSSR count). The third-order valence-corrected chi connectivity index (χ3v) is 6.10. The van der Waals surface area contributed by atoms with Crippen molar-refractivity contribution in [2.75, 3.05) is 0 Å². The zero-order valence-electron chi connectivity index (χ0n) is 8.84. The normalized spacial score (nSPS) is 10.6. The summed E-state index contributed by atoms with van der Waals surface area (Å²) < 4.78 is 0. The van der Waals surface area contributed by atoms with Crippen molar-refractivity contribution in [3.63, 3.8) is 0 Å². The lowest BCUT2D eigenvalue weighted by molar-refractivity contribution is 1.10. The molecule has 0 aliphatic carbocycles. The van der Waals surface area contributed by atoms with E-state index in [1.54, 1.807) is 6.08 Å². The molecule has 0 saturated heterocycles. The summed E-state index contributed by atoms with van der Waals surface area (Å²) in [5.41, 5.74) is 0. The minimum Gasteiger partial charge on any atom is -0.329 e. The SMILES string of the molecule is C=C[CH]N[Si](CC=C)(CC=C)CC=C. The third-order valence-electron chi connectivity index (χ3n) is 2.11. The topological polar surface area (TPSA) is 12.0 Å². The second-order valence-corrected chi connectivity index (χ2v) is 7.38. The highest BCUT2D eigenvalue weighted by Gasteiger charge is 2.27. The average Bonchev–Trinajstić information content (AvgIpc) is 2.16. The van der Waals surface area contributed by atoms with Crippen LogP contribution in [-0.4, -0.2) is 8.24 Å². The maximum atomic E-state index is 3.80. The Bertz CT molecular complexity index is 182. The van der Waals surface area contributed by atoms with Gasteiger partial charge >= 0.3 is 0 Å². The third kappa shape index (κ3) is 4.39. The molecule has 0 aliphatic heterocycles. The average molecular weight is 206 g/mol. The maximum absolute atomic E-state index is 3.80. The van der Waals surface area contributed by atoms with Crippen molar-refractivity contribution in [2.24, 2.45) is 0 Å². The molecule has 0 aromatic carbocycles. The van der Waals surface area contributed by atoms with Gasteiger partial charge in [-0.3, -0.25) is 0 Å². The van der Waals surface area contributed by atoms with Gasteiger partial charge in [0.1, 0.15) is 8.24 Å². The highest BCUT2D eigenvalue weighted by Crippen LogP contribution is 2.19. The number of nitrogens with one attached hydrogen (secondary N) is 1. The predicted octanol–water partition coefficient (Wildman–Crippen LogP) is 3.43. The molecular formula is C12H20NSi. The predicted molar refractivity (Wildman–Crippen MR) is 68.4 cm³/mol. The lowest BCUT2D eigenvalue weighted by Crippen LogP contribution is -2.47. The molecule has 2 heteroatoms. The van der Waals surface area contributed by atoms with E-state index < -0.39 is 8.24 Å². The monoisotopic (exact) mass is 206 g/mol. The van der Waals surface area contributed by atoms with E-state index in [4.69, 9.17) is 0 Å². The van der Waals surface area contributed by atoms with Gasteiger partial charge < -0.3 is 4.98 Å². The largest absolute Gasteiger partial charge is 0.329 e. The number of hydrogen-bond acceptors (Lipinski definition) is 1. The molecule has 0 atom stereocenters. The Morgan fingerprint density at radius 2 is 1.29 bits per heavy atom. The number of allylic oxidation sites excluding steroid dienone is 3. The summed E-state index contributed by atoms with van der Waals surface area (Å²) in [6.45, 7) is 17.0. The van der Waals surface area contributed by atoms with Crippen LogP contribution in [0.1, 0.15) is 0 Å². The fourth-order valence-corrected chi connectivity index (χ4v) is 4.47. The lowest BCUT2D eigenvalue weighted by atomic mass is 10.7. The molecular weight excluding hydrogens is 186 g/mol. The Labute approximate surface area is 89.0 Å². The molecule has 0 unspecified atom stereocenters. The molecule has 0 amide bonds. The standard InChI is InChI=1S/C12H20NSi/c1-5-9-13-14(10-6-2,11-7-3)12-8-4/h5-9,13H,1-4,10-12H2. The van der Waals surface area contributed by atoms with Crippen LogP contribution in [0.15, 0.2) is 50.6 Å². The summed E-state index contributed by atoms with van der Waals surface area (Å²) in [4.78, 5) is 3.47. The molecule has 0 fully saturated rings. The Hall–Kier alpha value is -0.863. The molecule has 0 bridgehead atoms. The molecule has 0 aromatic heterocycles. The first-order valence-corrected chi connectivity index (χ1v) is 7.41. The molecule has 0 spiro atoms. The molecule has 1 N–H and O–H groups in total. The van der Waals surface area contributed by atoms with Crippen LogP contribution >= 0.6 is 0 Å². The van der Waals surface area contributed by atoms with Crippen LogP contribution < -0.4 is 4.98 Å². The van der Waals surface area contributed by atoms with Crippen molar-refractivity contribution in [2.45, 2.75) is 18.1 Å². The van der Waals surface area contributed by atoms with E-state index in [9.17, 15) is 0 Å². The lowest BCUT2D eigenvalue weighted by Gasteiger charge is -2.28. The van der Waals surface area contributed by atoms with E-state index in [1.165, 1.54) is 0 Å². The summed E-state index contributed by atoms with van der Waals surface area (Å²) in [5, 5.41) is 0. The molecule has 1 radical (unpaired) electrons. The number of rotatable bonds is 9. The first-order valence-electron chi connectivity index (χ1n) is 4.79. The van der Waals surface area contributed by atoms with Gasteiger partial charge in [0.2, 0.25) is 0 Å². The van der Waals surface area contributed by atoms with Crippen LogP contribution in [-0.2, 0) is 0 Å². The molecule has 14 heavy (non-hydrogen) atoms.